The number of carbonyl (C=O) groups is 2. The van der Waals surface area contributed by atoms with Gasteiger partial charge in [0, 0.05) is 11.6 Å². The fourth-order valence-electron chi connectivity index (χ4n) is 2.77. The van der Waals surface area contributed by atoms with E-state index in [1.807, 2.05) is 6.07 Å². The highest BCUT2D eigenvalue weighted by Crippen LogP contribution is 2.37. The molecular weight excluding hydrogens is 366 g/mol. The lowest BCUT2D eigenvalue weighted by Crippen LogP contribution is -2.30. The van der Waals surface area contributed by atoms with Crippen LogP contribution in [-0.4, -0.2) is 38.3 Å². The minimum Gasteiger partial charge on any atom is -0.454 e. The van der Waals surface area contributed by atoms with Crippen molar-refractivity contribution in [3.05, 3.63) is 58.5 Å². The summed E-state index contributed by atoms with van der Waals surface area (Å²) in [5.74, 6) is 0.0714. The molecule has 0 bridgehead atoms. The number of ether oxygens (including phenoxy) is 2. The molecule has 4 rings (SSSR count). The summed E-state index contributed by atoms with van der Waals surface area (Å²) in [5.41, 5.74) is 0.524. The molecule has 0 aliphatic carbocycles. The van der Waals surface area contributed by atoms with Crippen molar-refractivity contribution in [2.45, 2.75) is 13.5 Å². The van der Waals surface area contributed by atoms with E-state index in [4.69, 9.17) is 9.47 Å². The van der Waals surface area contributed by atoms with Gasteiger partial charge in [0.15, 0.2) is 17.3 Å². The highest BCUT2D eigenvalue weighted by molar-refractivity contribution is 6.04. The lowest BCUT2D eigenvalue weighted by Gasteiger charge is -2.10. The van der Waals surface area contributed by atoms with Crippen LogP contribution in [0, 0.1) is 0 Å². The van der Waals surface area contributed by atoms with Crippen LogP contribution < -0.4 is 20.5 Å². The number of Topliss-reactive ketones (excluding diaryl/α,β-unsaturated/α-hetero) is 1. The normalized spacial score (nSPS) is 12.0. The van der Waals surface area contributed by atoms with Crippen LogP contribution >= 0.6 is 0 Å². The molecule has 1 aliphatic rings. The van der Waals surface area contributed by atoms with Gasteiger partial charge in [0.1, 0.15) is 6.54 Å². The topological polar surface area (TPSA) is 117 Å². The monoisotopic (exact) mass is 381 g/mol. The minimum absolute atomic E-state index is 0.0437. The number of rotatable bonds is 5. The highest BCUT2D eigenvalue weighted by atomic mass is 16.7. The number of anilines is 1. The van der Waals surface area contributed by atoms with E-state index in [1.54, 1.807) is 24.3 Å². The molecule has 142 valence electrons. The number of nitrogens with one attached hydrogen (secondary N) is 1. The molecule has 0 saturated heterocycles. The van der Waals surface area contributed by atoms with Gasteiger partial charge in [-0.3, -0.25) is 9.59 Å². The first kappa shape index (κ1) is 17.5. The summed E-state index contributed by atoms with van der Waals surface area (Å²) in [6.45, 7) is 1.06. The maximum absolute atomic E-state index is 12.4. The number of hydrogen-bond donors (Lipinski definition) is 1. The van der Waals surface area contributed by atoms with Crippen molar-refractivity contribution in [3.63, 3.8) is 0 Å². The maximum Gasteiger partial charge on any atom is 0.368 e. The van der Waals surface area contributed by atoms with Crippen LogP contribution in [-0.2, 0) is 11.3 Å². The van der Waals surface area contributed by atoms with E-state index in [2.05, 4.69) is 15.7 Å². The molecule has 0 unspecified atom stereocenters. The second-order valence-electron chi connectivity index (χ2n) is 6.02. The highest BCUT2D eigenvalue weighted by Gasteiger charge is 2.21. The zero-order chi connectivity index (χ0) is 19.7. The maximum atomic E-state index is 12.4. The third kappa shape index (κ3) is 3.22. The molecule has 2 heterocycles. The molecule has 1 aromatic heterocycles. The number of amides is 1. The lowest BCUT2D eigenvalue weighted by atomic mass is 10.1. The van der Waals surface area contributed by atoms with E-state index in [0.717, 1.165) is 9.36 Å². The van der Waals surface area contributed by atoms with Crippen molar-refractivity contribution in [2.75, 3.05) is 12.1 Å². The van der Waals surface area contributed by atoms with Crippen LogP contribution in [0.1, 0.15) is 17.3 Å². The van der Waals surface area contributed by atoms with Crippen LogP contribution in [0.5, 0.6) is 11.5 Å². The fraction of sp³-hybridized carbons (Fsp3) is 0.167. The minimum atomic E-state index is -0.557. The van der Waals surface area contributed by atoms with Crippen LogP contribution in [0.2, 0.25) is 0 Å². The number of carbonyl (C=O) groups excluding carboxylic acids is 2. The van der Waals surface area contributed by atoms with Gasteiger partial charge in [-0.15, -0.1) is 0 Å². The van der Waals surface area contributed by atoms with Gasteiger partial charge >= 0.3 is 5.69 Å². The molecule has 0 fully saturated rings. The van der Waals surface area contributed by atoms with Gasteiger partial charge in [0.25, 0.3) is 0 Å². The number of para-hydroxylation sites is 1. The average molecular weight is 381 g/mol. The van der Waals surface area contributed by atoms with Gasteiger partial charge in [0.05, 0.1) is 11.4 Å². The Hall–Kier alpha value is -3.95. The zero-order valence-electron chi connectivity index (χ0n) is 14.8. The third-order valence-electron chi connectivity index (χ3n) is 4.10. The molecule has 0 saturated carbocycles. The van der Waals surface area contributed by atoms with E-state index in [9.17, 15) is 14.4 Å². The summed E-state index contributed by atoms with van der Waals surface area (Å²) >= 11 is 0. The largest absolute Gasteiger partial charge is 0.454 e. The van der Waals surface area contributed by atoms with Crippen LogP contribution in [0.25, 0.3) is 5.69 Å². The zero-order valence-corrected chi connectivity index (χ0v) is 14.8. The molecule has 10 heteroatoms. The molecule has 1 N–H and O–H groups in total. The molecule has 1 aliphatic heterocycles. The number of ketones is 1. The Morgan fingerprint density at radius 1 is 1.11 bits per heavy atom. The standard InChI is InChI=1S/C18H15N5O5/c1-11(24)13-7-15-16(28-10-27-15)8-14(13)19-17(25)9-22-18(26)23(21-20-22)12-5-3-2-4-6-12/h2-8H,9-10H2,1H3,(H,19,25). The summed E-state index contributed by atoms with van der Waals surface area (Å²) in [5, 5.41) is 10.1. The molecule has 0 atom stereocenters. The van der Waals surface area contributed by atoms with Crippen molar-refractivity contribution in [2.24, 2.45) is 0 Å². The molecular formula is C18H15N5O5. The summed E-state index contributed by atoms with van der Waals surface area (Å²) in [6, 6.07) is 11.8. The number of tetrazole rings is 1. The Balaban J connectivity index is 1.55. The van der Waals surface area contributed by atoms with Crippen molar-refractivity contribution in [3.8, 4) is 17.2 Å². The first-order valence-electron chi connectivity index (χ1n) is 8.35. The Labute approximate surface area is 158 Å². The van der Waals surface area contributed by atoms with Crippen molar-refractivity contribution >= 4 is 17.4 Å². The third-order valence-corrected chi connectivity index (χ3v) is 4.10. The Morgan fingerprint density at radius 2 is 1.82 bits per heavy atom. The van der Waals surface area contributed by atoms with E-state index in [1.165, 1.54) is 19.1 Å². The summed E-state index contributed by atoms with van der Waals surface area (Å²) in [4.78, 5) is 36.7. The van der Waals surface area contributed by atoms with E-state index < -0.39 is 11.6 Å². The SMILES string of the molecule is CC(=O)c1cc2c(cc1NC(=O)Cn1nnn(-c3ccccc3)c1=O)OCO2. The van der Waals surface area contributed by atoms with E-state index in [-0.39, 0.29) is 30.4 Å². The van der Waals surface area contributed by atoms with E-state index >= 15 is 0 Å². The molecule has 0 spiro atoms. The first-order chi connectivity index (χ1) is 13.5. The molecule has 1 amide bonds. The van der Waals surface area contributed by atoms with Gasteiger partial charge in [-0.1, -0.05) is 18.2 Å². The Kier molecular flexibility index (Phi) is 4.36. The fourth-order valence-corrected chi connectivity index (χ4v) is 2.77. The van der Waals surface area contributed by atoms with Crippen molar-refractivity contribution in [1.82, 2.24) is 19.8 Å². The van der Waals surface area contributed by atoms with Gasteiger partial charge < -0.3 is 14.8 Å². The van der Waals surface area contributed by atoms with Crippen LogP contribution in [0.4, 0.5) is 5.69 Å². The lowest BCUT2D eigenvalue weighted by molar-refractivity contribution is -0.117. The number of benzene rings is 2. The average Bonchev–Trinajstić information content (AvgIpc) is 3.28. The number of fused-ring (bicyclic) bond motifs is 1. The first-order valence-corrected chi connectivity index (χ1v) is 8.35. The predicted octanol–water partition coefficient (Wildman–Crippen LogP) is 0.999. The molecule has 3 aromatic rings. The molecule has 0 radical (unpaired) electrons. The summed E-state index contributed by atoms with van der Waals surface area (Å²) < 4.78 is 12.6. The van der Waals surface area contributed by atoms with Crippen LogP contribution in [0.3, 0.4) is 0 Å². The van der Waals surface area contributed by atoms with Crippen molar-refractivity contribution in [1.29, 1.82) is 0 Å². The second kappa shape index (κ2) is 6.99. The van der Waals surface area contributed by atoms with E-state index in [0.29, 0.717) is 17.2 Å². The smallest absolute Gasteiger partial charge is 0.368 e. The van der Waals surface area contributed by atoms with Gasteiger partial charge in [-0.05, 0) is 35.5 Å². The van der Waals surface area contributed by atoms with Gasteiger partial charge in [0.2, 0.25) is 12.7 Å². The number of nitrogens with zero attached hydrogens (tertiary/aromatic N) is 4. The quantitative estimate of drug-likeness (QED) is 0.655. The number of hydrogen-bond acceptors (Lipinski definition) is 7. The summed E-state index contributed by atoms with van der Waals surface area (Å²) in [6.07, 6.45) is 0. The van der Waals surface area contributed by atoms with Crippen LogP contribution in [0.15, 0.2) is 47.3 Å². The Bertz CT molecular complexity index is 1120. The summed E-state index contributed by atoms with van der Waals surface area (Å²) in [7, 11) is 0. The van der Waals surface area contributed by atoms with Crippen molar-refractivity contribution < 1.29 is 19.1 Å². The molecule has 10 nitrogen and oxygen atoms in total. The Morgan fingerprint density at radius 3 is 2.54 bits per heavy atom. The molecule has 2 aromatic carbocycles. The second-order valence-corrected chi connectivity index (χ2v) is 6.02. The van der Waals surface area contributed by atoms with Gasteiger partial charge in [-0.25, -0.2) is 4.79 Å². The number of aromatic nitrogens is 4. The predicted molar refractivity (Wildman–Crippen MR) is 96.8 cm³/mol. The molecule has 28 heavy (non-hydrogen) atoms. The van der Waals surface area contributed by atoms with Gasteiger partial charge in [-0.2, -0.15) is 9.36 Å².